The van der Waals surface area contributed by atoms with Crippen molar-refractivity contribution in [3.05, 3.63) is 53.6 Å². The Hall–Kier alpha value is -2.49. The van der Waals surface area contributed by atoms with Gasteiger partial charge in [0.2, 0.25) is 0 Å². The molecule has 0 atom stereocenters. The molecule has 0 radical (unpaired) electrons. The number of nitrogens with one attached hydrogen (secondary N) is 1. The maximum atomic E-state index is 12.0. The minimum absolute atomic E-state index is 0.0310. The van der Waals surface area contributed by atoms with Gasteiger partial charge in [-0.05, 0) is 36.8 Å². The van der Waals surface area contributed by atoms with E-state index in [4.69, 9.17) is 5.73 Å². The number of aromatic hydroxyl groups is 1. The van der Waals surface area contributed by atoms with E-state index in [9.17, 15) is 9.90 Å². The van der Waals surface area contributed by atoms with E-state index in [2.05, 4.69) is 5.32 Å². The van der Waals surface area contributed by atoms with Gasteiger partial charge in [0.15, 0.2) is 0 Å². The number of phenolic OH excluding ortho intramolecular Hbond substituents is 1. The van der Waals surface area contributed by atoms with Crippen LogP contribution in [0.25, 0.3) is 0 Å². The van der Waals surface area contributed by atoms with Crippen LogP contribution < -0.4 is 11.1 Å². The number of rotatable bonds is 2. The van der Waals surface area contributed by atoms with Gasteiger partial charge in [-0.3, -0.25) is 4.79 Å². The number of hydrogen-bond donors (Lipinski definition) is 3. The minimum Gasteiger partial charge on any atom is -0.506 e. The van der Waals surface area contributed by atoms with Crippen molar-refractivity contribution in [1.82, 2.24) is 0 Å². The molecular weight excluding hydrogens is 228 g/mol. The van der Waals surface area contributed by atoms with Gasteiger partial charge in [0, 0.05) is 5.69 Å². The normalized spacial score (nSPS) is 10.1. The fourth-order valence-corrected chi connectivity index (χ4v) is 1.64. The first-order chi connectivity index (χ1) is 8.58. The molecule has 4 nitrogen and oxygen atoms in total. The van der Waals surface area contributed by atoms with Gasteiger partial charge >= 0.3 is 0 Å². The number of amides is 1. The molecule has 0 fully saturated rings. The van der Waals surface area contributed by atoms with Gasteiger partial charge in [-0.25, -0.2) is 0 Å². The average molecular weight is 242 g/mol. The Morgan fingerprint density at radius 3 is 2.67 bits per heavy atom. The first-order valence-electron chi connectivity index (χ1n) is 5.53. The summed E-state index contributed by atoms with van der Waals surface area (Å²) in [7, 11) is 0. The van der Waals surface area contributed by atoms with E-state index in [-0.39, 0.29) is 11.7 Å². The van der Waals surface area contributed by atoms with Crippen molar-refractivity contribution >= 4 is 17.3 Å². The number of anilines is 2. The predicted molar refractivity (Wildman–Crippen MR) is 71.7 cm³/mol. The van der Waals surface area contributed by atoms with Crippen molar-refractivity contribution in [2.45, 2.75) is 6.92 Å². The van der Waals surface area contributed by atoms with E-state index in [1.54, 1.807) is 42.5 Å². The molecule has 4 N–H and O–H groups in total. The van der Waals surface area contributed by atoms with Crippen LogP contribution in [0, 0.1) is 6.92 Å². The zero-order valence-corrected chi connectivity index (χ0v) is 9.97. The number of aryl methyl sites for hydroxylation is 1. The Morgan fingerprint density at radius 1 is 1.22 bits per heavy atom. The molecule has 0 saturated heterocycles. The smallest absolute Gasteiger partial charge is 0.257 e. The highest BCUT2D eigenvalue weighted by Crippen LogP contribution is 2.25. The number of para-hydroxylation sites is 1. The first-order valence-corrected chi connectivity index (χ1v) is 5.53. The molecule has 2 aromatic carbocycles. The van der Waals surface area contributed by atoms with Gasteiger partial charge in [0.1, 0.15) is 5.75 Å². The largest absolute Gasteiger partial charge is 0.506 e. The summed E-state index contributed by atoms with van der Waals surface area (Å²) in [5.41, 5.74) is 7.84. The lowest BCUT2D eigenvalue weighted by atomic mass is 10.1. The van der Waals surface area contributed by atoms with E-state index >= 15 is 0 Å². The lowest BCUT2D eigenvalue weighted by Crippen LogP contribution is -2.14. The topological polar surface area (TPSA) is 75.3 Å². The molecule has 1 amide bonds. The maximum absolute atomic E-state index is 12.0. The molecule has 2 aromatic rings. The summed E-state index contributed by atoms with van der Waals surface area (Å²) in [4.78, 5) is 12.0. The van der Waals surface area contributed by atoms with Crippen molar-refractivity contribution in [3.63, 3.8) is 0 Å². The molecule has 0 aromatic heterocycles. The average Bonchev–Trinajstić information content (AvgIpc) is 2.34. The third-order valence-corrected chi connectivity index (χ3v) is 2.61. The van der Waals surface area contributed by atoms with Crippen LogP contribution >= 0.6 is 0 Å². The van der Waals surface area contributed by atoms with Gasteiger partial charge in [-0.15, -0.1) is 0 Å². The summed E-state index contributed by atoms with van der Waals surface area (Å²) < 4.78 is 0. The maximum Gasteiger partial charge on any atom is 0.257 e. The highest BCUT2D eigenvalue weighted by atomic mass is 16.3. The van der Waals surface area contributed by atoms with Gasteiger partial charge in [-0.2, -0.15) is 0 Å². The van der Waals surface area contributed by atoms with E-state index in [0.29, 0.717) is 16.9 Å². The van der Waals surface area contributed by atoms with Crippen LogP contribution in [0.5, 0.6) is 5.75 Å². The van der Waals surface area contributed by atoms with Crippen LogP contribution in [-0.2, 0) is 0 Å². The lowest BCUT2D eigenvalue weighted by molar-refractivity contribution is 0.102. The highest BCUT2D eigenvalue weighted by Gasteiger charge is 2.11. The number of benzene rings is 2. The monoisotopic (exact) mass is 242 g/mol. The zero-order valence-electron chi connectivity index (χ0n) is 9.97. The summed E-state index contributed by atoms with van der Waals surface area (Å²) in [5, 5.41) is 12.3. The number of carbonyl (C=O) groups excluding carboxylic acids is 1. The molecule has 0 unspecified atom stereocenters. The van der Waals surface area contributed by atoms with E-state index in [1.807, 2.05) is 6.92 Å². The summed E-state index contributed by atoms with van der Waals surface area (Å²) in [6.45, 7) is 1.88. The van der Waals surface area contributed by atoms with Crippen LogP contribution in [0.3, 0.4) is 0 Å². The van der Waals surface area contributed by atoms with E-state index < -0.39 is 0 Å². The molecule has 0 heterocycles. The molecule has 0 saturated carbocycles. The van der Waals surface area contributed by atoms with Crippen molar-refractivity contribution in [2.75, 3.05) is 11.1 Å². The fourth-order valence-electron chi connectivity index (χ4n) is 1.64. The molecular formula is C14H14N2O2. The molecule has 18 heavy (non-hydrogen) atoms. The van der Waals surface area contributed by atoms with Crippen molar-refractivity contribution in [1.29, 1.82) is 0 Å². The number of hydrogen-bond acceptors (Lipinski definition) is 3. The number of phenols is 1. The summed E-state index contributed by atoms with van der Waals surface area (Å²) in [5.74, 6) is -0.308. The Morgan fingerprint density at radius 2 is 1.94 bits per heavy atom. The van der Waals surface area contributed by atoms with Crippen molar-refractivity contribution in [3.8, 4) is 5.75 Å². The highest BCUT2D eigenvalue weighted by molar-refractivity contribution is 6.08. The van der Waals surface area contributed by atoms with Crippen LogP contribution in [0.2, 0.25) is 0 Å². The predicted octanol–water partition coefficient (Wildman–Crippen LogP) is 2.54. The Bertz CT molecular complexity index is 594. The Kier molecular flexibility index (Phi) is 3.19. The SMILES string of the molecule is Cc1ccc(O)c(NC(=O)c2ccccc2N)c1. The minimum atomic E-state index is -0.339. The van der Waals surface area contributed by atoms with Crippen LogP contribution in [-0.4, -0.2) is 11.0 Å². The Labute approximate surface area is 105 Å². The van der Waals surface area contributed by atoms with E-state index in [0.717, 1.165) is 5.56 Å². The molecule has 0 aliphatic heterocycles. The third kappa shape index (κ3) is 2.43. The second-order valence-corrected chi connectivity index (χ2v) is 4.06. The number of nitrogen functional groups attached to an aromatic ring is 1. The standard InChI is InChI=1S/C14H14N2O2/c1-9-6-7-13(17)12(8-9)16-14(18)10-4-2-3-5-11(10)15/h2-8,17H,15H2,1H3,(H,16,18). The molecule has 92 valence electrons. The van der Waals surface area contributed by atoms with Gasteiger partial charge in [0.05, 0.1) is 11.3 Å². The zero-order chi connectivity index (χ0) is 13.1. The molecule has 0 bridgehead atoms. The first kappa shape index (κ1) is 12.0. The summed E-state index contributed by atoms with van der Waals surface area (Å²) in [6, 6.07) is 11.8. The van der Waals surface area contributed by atoms with Gasteiger partial charge in [-0.1, -0.05) is 18.2 Å². The summed E-state index contributed by atoms with van der Waals surface area (Å²) in [6.07, 6.45) is 0. The lowest BCUT2D eigenvalue weighted by Gasteiger charge is -2.09. The summed E-state index contributed by atoms with van der Waals surface area (Å²) >= 11 is 0. The van der Waals surface area contributed by atoms with Crippen molar-refractivity contribution < 1.29 is 9.90 Å². The second-order valence-electron chi connectivity index (χ2n) is 4.06. The fraction of sp³-hybridized carbons (Fsp3) is 0.0714. The van der Waals surface area contributed by atoms with Crippen LogP contribution in [0.4, 0.5) is 11.4 Å². The molecule has 4 heteroatoms. The molecule has 0 aliphatic carbocycles. The van der Waals surface area contributed by atoms with E-state index in [1.165, 1.54) is 0 Å². The molecule has 0 aliphatic rings. The van der Waals surface area contributed by atoms with Crippen molar-refractivity contribution in [2.24, 2.45) is 0 Å². The molecule has 2 rings (SSSR count). The van der Waals surface area contributed by atoms with Gasteiger partial charge < -0.3 is 16.2 Å². The van der Waals surface area contributed by atoms with Crippen LogP contribution in [0.15, 0.2) is 42.5 Å². The Balaban J connectivity index is 2.27. The van der Waals surface area contributed by atoms with Crippen LogP contribution in [0.1, 0.15) is 15.9 Å². The quantitative estimate of drug-likeness (QED) is 0.559. The van der Waals surface area contributed by atoms with Gasteiger partial charge in [0.25, 0.3) is 5.91 Å². The number of carbonyl (C=O) groups is 1. The third-order valence-electron chi connectivity index (χ3n) is 2.61. The second kappa shape index (κ2) is 4.79. The molecule has 0 spiro atoms. The number of nitrogens with two attached hydrogens (primary N) is 1.